The number of aromatic hydroxyl groups is 1. The Kier molecular flexibility index (Phi) is 10.1. The van der Waals surface area contributed by atoms with E-state index in [1.165, 1.54) is 70.9 Å². The quantitative estimate of drug-likeness (QED) is 0.227. The van der Waals surface area contributed by atoms with Gasteiger partial charge in [0, 0.05) is 16.8 Å². The van der Waals surface area contributed by atoms with Gasteiger partial charge in [0.05, 0.1) is 44.6 Å². The summed E-state index contributed by atoms with van der Waals surface area (Å²) >= 11 is 4.29. The Hall–Kier alpha value is -4.63. The van der Waals surface area contributed by atoms with Crippen LogP contribution in [0.5, 0.6) is 28.7 Å². The summed E-state index contributed by atoms with van der Waals surface area (Å²) in [6.07, 6.45) is -0.455. The number of nitrogens with zero attached hydrogens (tertiary/aromatic N) is 1. The van der Waals surface area contributed by atoms with E-state index in [1.807, 2.05) is 0 Å². The topological polar surface area (TPSA) is 173 Å². The number of amides is 3. The molecular formula is C29H28BrN3O10S. The molecule has 13 nitrogen and oxygen atoms in total. The van der Waals surface area contributed by atoms with E-state index in [0.717, 1.165) is 16.8 Å². The van der Waals surface area contributed by atoms with E-state index in [0.29, 0.717) is 28.5 Å². The van der Waals surface area contributed by atoms with Crippen LogP contribution in [0.3, 0.4) is 0 Å². The number of anilines is 1. The van der Waals surface area contributed by atoms with Crippen molar-refractivity contribution in [3.63, 3.8) is 0 Å². The molecular weight excluding hydrogens is 662 g/mol. The highest BCUT2D eigenvalue weighted by Crippen LogP contribution is 2.47. The number of methoxy groups -OCH3 is 4. The summed E-state index contributed by atoms with van der Waals surface area (Å²) in [7, 11) is 5.69. The molecule has 44 heavy (non-hydrogen) atoms. The molecule has 0 aliphatic carbocycles. The molecule has 1 aliphatic rings. The van der Waals surface area contributed by atoms with E-state index in [4.69, 9.17) is 18.9 Å². The maximum atomic E-state index is 13.2. The molecule has 15 heteroatoms. The number of ether oxygens (including phenoxy) is 4. The Bertz CT molecular complexity index is 1580. The third-order valence-electron chi connectivity index (χ3n) is 6.51. The minimum atomic E-state index is -1.17. The van der Waals surface area contributed by atoms with Crippen molar-refractivity contribution >= 4 is 57.1 Å². The van der Waals surface area contributed by atoms with Crippen molar-refractivity contribution in [1.29, 1.82) is 0 Å². The number of phenols is 1. The molecule has 1 fully saturated rings. The van der Waals surface area contributed by atoms with Crippen LogP contribution < -0.4 is 29.7 Å². The van der Waals surface area contributed by atoms with E-state index in [9.17, 15) is 29.4 Å². The van der Waals surface area contributed by atoms with E-state index < -0.39 is 40.7 Å². The lowest BCUT2D eigenvalue weighted by molar-refractivity contribution is -0.140. The van der Waals surface area contributed by atoms with Crippen LogP contribution in [0, 0.1) is 0 Å². The lowest BCUT2D eigenvalue weighted by Gasteiger charge is -2.25. The standard InChI is InChI=1S/C29H28BrN3O10S/c1-40-19-12-16(9-18(30)24(19)36)29-33(28(39)22(44-29)13-23(34)35)32-27(38)14-5-7-17(8-6-14)31-26(37)15-10-20(41-2)25(43-4)21(11-15)42-3/h5-12,22,29,36H,13H2,1-4H3,(H,31,37)(H,32,38)(H,34,35). The lowest BCUT2D eigenvalue weighted by Crippen LogP contribution is -2.46. The Balaban J connectivity index is 1.53. The highest BCUT2D eigenvalue weighted by atomic mass is 79.9. The summed E-state index contributed by atoms with van der Waals surface area (Å²) in [4.78, 5) is 50.8. The molecule has 2 atom stereocenters. The first-order valence-corrected chi connectivity index (χ1v) is 14.5. The Morgan fingerprint density at radius 1 is 0.886 bits per heavy atom. The Morgan fingerprint density at radius 2 is 1.50 bits per heavy atom. The van der Waals surface area contributed by atoms with Crippen LogP contribution in [0.1, 0.15) is 38.1 Å². The number of benzene rings is 3. The number of carbonyl (C=O) groups excluding carboxylic acids is 3. The summed E-state index contributed by atoms with van der Waals surface area (Å²) in [6, 6.07) is 12.0. The van der Waals surface area contributed by atoms with Gasteiger partial charge in [-0.15, -0.1) is 11.8 Å². The van der Waals surface area contributed by atoms with Gasteiger partial charge in [-0.2, -0.15) is 0 Å². The SMILES string of the molecule is COc1cc(C2SC(CC(=O)O)C(=O)N2NC(=O)c2ccc(NC(=O)c3cc(OC)c(OC)c(OC)c3)cc2)cc(Br)c1O. The zero-order valence-electron chi connectivity index (χ0n) is 23.9. The van der Waals surface area contributed by atoms with Gasteiger partial charge in [-0.1, -0.05) is 0 Å². The Labute approximate surface area is 264 Å². The average Bonchev–Trinajstić information content (AvgIpc) is 3.31. The molecule has 4 N–H and O–H groups in total. The van der Waals surface area contributed by atoms with Gasteiger partial charge >= 0.3 is 5.97 Å². The minimum Gasteiger partial charge on any atom is -0.503 e. The smallest absolute Gasteiger partial charge is 0.305 e. The average molecular weight is 691 g/mol. The molecule has 1 saturated heterocycles. The molecule has 3 aromatic rings. The van der Waals surface area contributed by atoms with Gasteiger partial charge in [-0.3, -0.25) is 24.6 Å². The van der Waals surface area contributed by atoms with Crippen LogP contribution >= 0.6 is 27.7 Å². The first-order chi connectivity index (χ1) is 21.0. The van der Waals surface area contributed by atoms with E-state index in [1.54, 1.807) is 6.07 Å². The van der Waals surface area contributed by atoms with Gasteiger partial charge in [0.2, 0.25) is 5.75 Å². The third-order valence-corrected chi connectivity index (χ3v) is 8.55. The number of halogens is 1. The fraction of sp³-hybridized carbons (Fsp3) is 0.241. The van der Waals surface area contributed by atoms with Gasteiger partial charge in [0.1, 0.15) is 5.37 Å². The van der Waals surface area contributed by atoms with Crippen molar-refractivity contribution in [2.75, 3.05) is 33.8 Å². The summed E-state index contributed by atoms with van der Waals surface area (Å²) < 4.78 is 21.4. The van der Waals surface area contributed by atoms with Crippen molar-refractivity contribution in [3.05, 3.63) is 69.7 Å². The van der Waals surface area contributed by atoms with E-state index in [-0.39, 0.29) is 27.1 Å². The number of aliphatic carboxylic acids is 1. The number of hydrogen-bond acceptors (Lipinski definition) is 10. The van der Waals surface area contributed by atoms with Crippen LogP contribution in [-0.2, 0) is 9.59 Å². The number of phenolic OH excluding ortho intramolecular Hbond substituents is 1. The molecule has 0 radical (unpaired) electrons. The predicted octanol–water partition coefficient (Wildman–Crippen LogP) is 4.20. The first-order valence-electron chi connectivity index (χ1n) is 12.8. The highest BCUT2D eigenvalue weighted by Gasteiger charge is 2.43. The zero-order chi connectivity index (χ0) is 32.1. The first kappa shape index (κ1) is 32.3. The van der Waals surface area contributed by atoms with Crippen LogP contribution in [0.15, 0.2) is 53.0 Å². The maximum absolute atomic E-state index is 13.2. The summed E-state index contributed by atoms with van der Waals surface area (Å²) in [5.74, 6) is -1.97. The molecule has 1 aliphatic heterocycles. The van der Waals surface area contributed by atoms with Crippen LogP contribution in [0.2, 0.25) is 0 Å². The van der Waals surface area contributed by atoms with Gasteiger partial charge in [-0.05, 0) is 70.0 Å². The maximum Gasteiger partial charge on any atom is 0.305 e. The molecule has 2 unspecified atom stereocenters. The lowest BCUT2D eigenvalue weighted by atomic mass is 10.1. The molecule has 0 bridgehead atoms. The number of rotatable bonds is 11. The number of nitrogens with one attached hydrogen (secondary N) is 2. The summed E-state index contributed by atoms with van der Waals surface area (Å²) in [5.41, 5.74) is 3.84. The fourth-order valence-electron chi connectivity index (χ4n) is 4.37. The third kappa shape index (κ3) is 6.78. The fourth-order valence-corrected chi connectivity index (χ4v) is 6.18. The Morgan fingerprint density at radius 3 is 2.05 bits per heavy atom. The van der Waals surface area contributed by atoms with Gasteiger partial charge < -0.3 is 34.5 Å². The number of carboxylic acids is 1. The molecule has 1 heterocycles. The number of thioether (sulfide) groups is 1. The molecule has 4 rings (SSSR count). The van der Waals surface area contributed by atoms with Crippen LogP contribution in [0.4, 0.5) is 5.69 Å². The second-order valence-corrected chi connectivity index (χ2v) is 11.4. The second-order valence-electron chi connectivity index (χ2n) is 9.22. The molecule has 0 aromatic heterocycles. The van der Waals surface area contributed by atoms with Crippen LogP contribution in [-0.4, -0.2) is 72.6 Å². The number of carbonyl (C=O) groups is 4. The van der Waals surface area contributed by atoms with Crippen molar-refractivity contribution in [2.24, 2.45) is 0 Å². The number of carboxylic acid groups (broad SMARTS) is 1. The predicted molar refractivity (Wildman–Crippen MR) is 164 cm³/mol. The number of hydrazine groups is 1. The molecule has 3 aromatic carbocycles. The van der Waals surface area contributed by atoms with Gasteiger partial charge in [0.25, 0.3) is 17.7 Å². The highest BCUT2D eigenvalue weighted by molar-refractivity contribution is 9.10. The zero-order valence-corrected chi connectivity index (χ0v) is 26.3. The monoisotopic (exact) mass is 689 g/mol. The second kappa shape index (κ2) is 13.8. The van der Waals surface area contributed by atoms with Crippen molar-refractivity contribution in [3.8, 4) is 28.7 Å². The molecule has 3 amide bonds. The van der Waals surface area contributed by atoms with Crippen molar-refractivity contribution < 1.29 is 48.3 Å². The van der Waals surface area contributed by atoms with E-state index in [2.05, 4.69) is 26.7 Å². The normalized spacial score (nSPS) is 15.8. The molecule has 232 valence electrons. The summed E-state index contributed by atoms with van der Waals surface area (Å²) in [5, 5.41) is 21.5. The largest absolute Gasteiger partial charge is 0.503 e. The van der Waals surface area contributed by atoms with E-state index >= 15 is 0 Å². The van der Waals surface area contributed by atoms with Crippen molar-refractivity contribution in [2.45, 2.75) is 17.0 Å². The molecule has 0 saturated carbocycles. The van der Waals surface area contributed by atoms with Gasteiger partial charge in [-0.25, -0.2) is 5.01 Å². The summed E-state index contributed by atoms with van der Waals surface area (Å²) in [6.45, 7) is 0. The number of hydrogen-bond donors (Lipinski definition) is 4. The minimum absolute atomic E-state index is 0.125. The van der Waals surface area contributed by atoms with Crippen LogP contribution in [0.25, 0.3) is 0 Å². The van der Waals surface area contributed by atoms with Gasteiger partial charge in [0.15, 0.2) is 23.0 Å². The molecule has 0 spiro atoms. The van der Waals surface area contributed by atoms with Crippen molar-refractivity contribution in [1.82, 2.24) is 10.4 Å².